The van der Waals surface area contributed by atoms with Gasteiger partial charge in [-0.3, -0.25) is 9.97 Å². The molecule has 4 aromatic heterocycles. The van der Waals surface area contributed by atoms with E-state index in [4.69, 9.17) is 4.98 Å². The van der Waals surface area contributed by atoms with E-state index in [0.29, 0.717) is 0 Å². The Balaban J connectivity index is 1.46. The number of aromatic nitrogens is 6. The molecule has 0 unspecified atom stereocenters. The molecular formula is C21H18N6. The molecule has 6 nitrogen and oxygen atoms in total. The second-order valence-electron chi connectivity index (χ2n) is 6.61. The second kappa shape index (κ2) is 6.39. The zero-order valence-corrected chi connectivity index (χ0v) is 15.0. The second-order valence-corrected chi connectivity index (χ2v) is 6.61. The van der Waals surface area contributed by atoms with Crippen LogP contribution in [-0.2, 0) is 19.4 Å². The van der Waals surface area contributed by atoms with Crippen molar-refractivity contribution >= 4 is 17.1 Å². The van der Waals surface area contributed by atoms with Gasteiger partial charge in [-0.25, -0.2) is 15.0 Å². The van der Waals surface area contributed by atoms with Crippen molar-refractivity contribution in [2.45, 2.75) is 26.3 Å². The van der Waals surface area contributed by atoms with Crippen molar-refractivity contribution in [2.75, 3.05) is 0 Å². The molecule has 1 aliphatic heterocycles. The normalized spacial score (nSPS) is 12.6. The predicted octanol–water partition coefficient (Wildman–Crippen LogP) is 3.40. The summed E-state index contributed by atoms with van der Waals surface area (Å²) in [5.41, 5.74) is 6.03. The molecule has 0 radical (unpaired) electrons. The Morgan fingerprint density at radius 1 is 0.963 bits per heavy atom. The average molecular weight is 354 g/mol. The third-order valence-electron chi connectivity index (χ3n) is 4.95. The van der Waals surface area contributed by atoms with Gasteiger partial charge in [0.15, 0.2) is 0 Å². The van der Waals surface area contributed by atoms with Crippen LogP contribution < -0.4 is 0 Å². The summed E-state index contributed by atoms with van der Waals surface area (Å²) < 4.78 is 2.25. The van der Waals surface area contributed by atoms with E-state index < -0.39 is 0 Å². The first-order valence-electron chi connectivity index (χ1n) is 9.04. The number of nitrogens with zero attached hydrogens (tertiary/aromatic N) is 6. The number of imidazole rings is 1. The van der Waals surface area contributed by atoms with E-state index >= 15 is 0 Å². The summed E-state index contributed by atoms with van der Waals surface area (Å²) in [6, 6.07) is 7.91. The number of rotatable bonds is 3. The summed E-state index contributed by atoms with van der Waals surface area (Å²) in [5, 5.41) is 0. The van der Waals surface area contributed by atoms with Gasteiger partial charge in [0.05, 0.1) is 23.1 Å². The lowest BCUT2D eigenvalue weighted by Gasteiger charge is -2.06. The van der Waals surface area contributed by atoms with Crippen molar-refractivity contribution < 1.29 is 0 Å². The number of hydrogen-bond acceptors (Lipinski definition) is 5. The smallest absolute Gasteiger partial charge is 0.142 e. The maximum Gasteiger partial charge on any atom is 0.142 e. The van der Waals surface area contributed by atoms with E-state index in [1.165, 1.54) is 5.69 Å². The fourth-order valence-corrected chi connectivity index (χ4v) is 3.52. The van der Waals surface area contributed by atoms with Gasteiger partial charge in [0.25, 0.3) is 0 Å². The first kappa shape index (κ1) is 15.8. The number of fused-ring (bicyclic) bond motifs is 4. The van der Waals surface area contributed by atoms with Crippen LogP contribution in [0.5, 0.6) is 0 Å². The maximum absolute atomic E-state index is 4.94. The van der Waals surface area contributed by atoms with Crippen LogP contribution >= 0.6 is 0 Å². The van der Waals surface area contributed by atoms with Crippen molar-refractivity contribution in [2.24, 2.45) is 0 Å². The van der Waals surface area contributed by atoms with Gasteiger partial charge < -0.3 is 4.57 Å². The summed E-state index contributed by atoms with van der Waals surface area (Å²) >= 11 is 0. The van der Waals surface area contributed by atoms with Gasteiger partial charge in [0, 0.05) is 36.6 Å². The molecular weight excluding hydrogens is 336 g/mol. The SMILES string of the molecule is Cc1c(CCc2ncc3ncccc3n2)nc2n1CC=Cc1ncccc1-2. The minimum absolute atomic E-state index is 0.748. The number of allylic oxidation sites excluding steroid dienone is 1. The van der Waals surface area contributed by atoms with Crippen LogP contribution in [-0.4, -0.2) is 29.5 Å². The quantitative estimate of drug-likeness (QED) is 0.564. The molecule has 5 heterocycles. The summed E-state index contributed by atoms with van der Waals surface area (Å²) in [5.74, 6) is 1.80. The van der Waals surface area contributed by atoms with E-state index in [-0.39, 0.29) is 0 Å². The van der Waals surface area contributed by atoms with Crippen molar-refractivity contribution in [3.8, 4) is 11.4 Å². The molecule has 0 bridgehead atoms. The zero-order chi connectivity index (χ0) is 18.2. The third kappa shape index (κ3) is 2.79. The molecule has 0 aliphatic carbocycles. The number of hydrogen-bond donors (Lipinski definition) is 0. The Morgan fingerprint density at radius 3 is 2.81 bits per heavy atom. The molecule has 6 heteroatoms. The molecule has 0 saturated carbocycles. The van der Waals surface area contributed by atoms with Crippen molar-refractivity contribution in [3.05, 3.63) is 71.8 Å². The minimum Gasteiger partial charge on any atom is -0.324 e. The third-order valence-corrected chi connectivity index (χ3v) is 4.95. The van der Waals surface area contributed by atoms with E-state index in [2.05, 4.69) is 49.6 Å². The van der Waals surface area contributed by atoms with E-state index in [0.717, 1.165) is 59.0 Å². The fourth-order valence-electron chi connectivity index (χ4n) is 3.52. The molecule has 132 valence electrons. The van der Waals surface area contributed by atoms with Crippen LogP contribution in [0.25, 0.3) is 28.5 Å². The molecule has 0 fully saturated rings. The standard InChI is InChI=1S/C21H18N6/c1-14-16(8-9-20-24-13-19-18(25-20)6-3-11-23-19)26-21-15-5-2-10-22-17(15)7-4-12-27(14)21/h2-7,10-11,13H,8-9,12H2,1H3. The molecule has 5 rings (SSSR count). The molecule has 0 amide bonds. The summed E-state index contributed by atoms with van der Waals surface area (Å²) in [6.45, 7) is 2.94. The lowest BCUT2D eigenvalue weighted by Crippen LogP contribution is -2.02. The first-order chi connectivity index (χ1) is 13.3. The lowest BCUT2D eigenvalue weighted by molar-refractivity contribution is 0.791. The highest BCUT2D eigenvalue weighted by molar-refractivity contribution is 5.72. The van der Waals surface area contributed by atoms with E-state index in [1.807, 2.05) is 24.4 Å². The van der Waals surface area contributed by atoms with Crippen molar-refractivity contribution in [1.29, 1.82) is 0 Å². The van der Waals surface area contributed by atoms with Gasteiger partial charge >= 0.3 is 0 Å². The molecule has 0 aromatic carbocycles. The van der Waals surface area contributed by atoms with Gasteiger partial charge in [-0.2, -0.15) is 0 Å². The van der Waals surface area contributed by atoms with E-state index in [1.54, 1.807) is 12.4 Å². The predicted molar refractivity (Wildman–Crippen MR) is 104 cm³/mol. The van der Waals surface area contributed by atoms with Gasteiger partial charge in [-0.15, -0.1) is 0 Å². The molecule has 27 heavy (non-hydrogen) atoms. The molecule has 0 N–H and O–H groups in total. The molecule has 0 saturated heterocycles. The Labute approximate surface area is 156 Å². The highest BCUT2D eigenvalue weighted by atomic mass is 15.1. The van der Waals surface area contributed by atoms with Crippen LogP contribution in [0, 0.1) is 6.92 Å². The summed E-state index contributed by atoms with van der Waals surface area (Å²) in [6.07, 6.45) is 11.1. The van der Waals surface area contributed by atoms with Crippen LogP contribution in [0.4, 0.5) is 0 Å². The first-order valence-corrected chi connectivity index (χ1v) is 9.04. The van der Waals surface area contributed by atoms with E-state index in [9.17, 15) is 0 Å². The Bertz CT molecular complexity index is 1170. The molecule has 4 aromatic rings. The van der Waals surface area contributed by atoms with Crippen molar-refractivity contribution in [1.82, 2.24) is 29.5 Å². The summed E-state index contributed by atoms with van der Waals surface area (Å²) in [7, 11) is 0. The highest BCUT2D eigenvalue weighted by Crippen LogP contribution is 2.28. The van der Waals surface area contributed by atoms with Gasteiger partial charge in [0.1, 0.15) is 17.2 Å². The monoisotopic (exact) mass is 354 g/mol. The number of aryl methyl sites for hydroxylation is 2. The average Bonchev–Trinajstić information content (AvgIpc) is 2.91. The Hall–Kier alpha value is -3.41. The van der Waals surface area contributed by atoms with Crippen LogP contribution in [0.3, 0.4) is 0 Å². The zero-order valence-electron chi connectivity index (χ0n) is 15.0. The highest BCUT2D eigenvalue weighted by Gasteiger charge is 2.19. The maximum atomic E-state index is 4.94. The Kier molecular flexibility index (Phi) is 3.74. The fraction of sp³-hybridized carbons (Fsp3) is 0.190. The largest absolute Gasteiger partial charge is 0.324 e. The van der Waals surface area contributed by atoms with Gasteiger partial charge in [-0.1, -0.05) is 6.08 Å². The Morgan fingerprint density at radius 2 is 1.85 bits per heavy atom. The molecule has 0 spiro atoms. The number of pyridine rings is 2. The minimum atomic E-state index is 0.748. The topological polar surface area (TPSA) is 69.4 Å². The van der Waals surface area contributed by atoms with Crippen LogP contribution in [0.2, 0.25) is 0 Å². The van der Waals surface area contributed by atoms with Crippen LogP contribution in [0.15, 0.2) is 48.9 Å². The summed E-state index contributed by atoms with van der Waals surface area (Å²) in [4.78, 5) is 22.8. The van der Waals surface area contributed by atoms with Crippen LogP contribution in [0.1, 0.15) is 22.9 Å². The molecule has 1 aliphatic rings. The van der Waals surface area contributed by atoms with Gasteiger partial charge in [-0.05, 0) is 43.7 Å². The molecule has 0 atom stereocenters. The van der Waals surface area contributed by atoms with Gasteiger partial charge in [0.2, 0.25) is 0 Å². The lowest BCUT2D eigenvalue weighted by atomic mass is 10.2. The van der Waals surface area contributed by atoms with Crippen molar-refractivity contribution in [3.63, 3.8) is 0 Å².